The van der Waals surface area contributed by atoms with E-state index >= 15 is 0 Å². The van der Waals surface area contributed by atoms with Crippen LogP contribution >= 0.6 is 0 Å². The maximum Gasteiger partial charge on any atom is 0.266 e. The quantitative estimate of drug-likeness (QED) is 0.211. The Labute approximate surface area is 250 Å². The predicted octanol–water partition coefficient (Wildman–Crippen LogP) is 10.4. The van der Waals surface area contributed by atoms with Crippen LogP contribution in [0.15, 0.2) is 72.8 Å². The van der Waals surface area contributed by atoms with Crippen molar-refractivity contribution in [2.24, 2.45) is 5.41 Å². The first-order valence-corrected chi connectivity index (χ1v) is 15.1. The van der Waals surface area contributed by atoms with Gasteiger partial charge in [-0.05, 0) is 76.1 Å². The first-order valence-electron chi connectivity index (χ1n) is 15.1. The number of ether oxygens (including phenoxy) is 1. The molecule has 0 aliphatic carbocycles. The van der Waals surface area contributed by atoms with Gasteiger partial charge in [0.2, 0.25) is 0 Å². The Morgan fingerprint density at radius 3 is 1.79 bits per heavy atom. The van der Waals surface area contributed by atoms with Gasteiger partial charge in [-0.25, -0.2) is 4.90 Å². The molecule has 1 heterocycles. The molecule has 4 aromatic carbocycles. The molecular formula is C38H43NO3. The van der Waals surface area contributed by atoms with Crippen LogP contribution in [-0.4, -0.2) is 11.8 Å². The number of nitrogens with zero attached hydrogens (tertiary/aromatic N) is 1. The predicted molar refractivity (Wildman–Crippen MR) is 173 cm³/mol. The number of anilines is 1. The SMILES string of the molecule is CC(C)c1cccc(C(C)C)c1N1C(=O)c2cccc3c(Oc4ccc(C(C)(C)CC(C)(C)C)cc4)ccc(c23)C1=O. The van der Waals surface area contributed by atoms with Crippen molar-refractivity contribution in [3.63, 3.8) is 0 Å². The first kappa shape index (κ1) is 29.6. The van der Waals surface area contributed by atoms with Crippen LogP contribution in [-0.2, 0) is 5.41 Å². The van der Waals surface area contributed by atoms with Gasteiger partial charge in [0.25, 0.3) is 11.8 Å². The van der Waals surface area contributed by atoms with Gasteiger partial charge < -0.3 is 4.74 Å². The maximum atomic E-state index is 14.1. The summed E-state index contributed by atoms with van der Waals surface area (Å²) in [5, 5.41) is 1.40. The third-order valence-corrected chi connectivity index (χ3v) is 8.27. The van der Waals surface area contributed by atoms with Crippen molar-refractivity contribution < 1.29 is 14.3 Å². The van der Waals surface area contributed by atoms with E-state index in [1.165, 1.54) is 10.5 Å². The number of hydrogen-bond acceptors (Lipinski definition) is 3. The number of carbonyl (C=O) groups excluding carboxylic acids is 2. The molecule has 218 valence electrons. The molecule has 4 aromatic rings. The third-order valence-electron chi connectivity index (χ3n) is 8.27. The lowest BCUT2D eigenvalue weighted by molar-refractivity contribution is 0.0893. The average Bonchev–Trinajstić information content (AvgIpc) is 2.91. The van der Waals surface area contributed by atoms with Gasteiger partial charge in [0.15, 0.2) is 0 Å². The number of rotatable bonds is 7. The maximum absolute atomic E-state index is 14.1. The Kier molecular flexibility index (Phi) is 7.55. The second kappa shape index (κ2) is 10.7. The fourth-order valence-electron chi connectivity index (χ4n) is 6.66. The Hall–Kier alpha value is -3.92. The molecule has 0 atom stereocenters. The van der Waals surface area contributed by atoms with E-state index in [9.17, 15) is 9.59 Å². The third kappa shape index (κ3) is 5.35. The number of para-hydroxylation sites is 1. The highest BCUT2D eigenvalue weighted by Gasteiger charge is 2.37. The average molecular weight is 562 g/mol. The molecule has 0 unspecified atom stereocenters. The molecule has 0 saturated carbocycles. The van der Waals surface area contributed by atoms with E-state index in [0.29, 0.717) is 28.0 Å². The normalized spacial score (nSPS) is 13.9. The summed E-state index contributed by atoms with van der Waals surface area (Å²) in [6.45, 7) is 19.7. The number of imide groups is 1. The zero-order chi connectivity index (χ0) is 30.6. The molecule has 0 saturated heterocycles. The van der Waals surface area contributed by atoms with Gasteiger partial charge in [0.1, 0.15) is 11.5 Å². The van der Waals surface area contributed by atoms with E-state index in [4.69, 9.17) is 4.74 Å². The summed E-state index contributed by atoms with van der Waals surface area (Å²) in [6.07, 6.45) is 1.06. The summed E-state index contributed by atoms with van der Waals surface area (Å²) in [6, 6.07) is 23.6. The zero-order valence-corrected chi connectivity index (χ0v) is 26.5. The van der Waals surface area contributed by atoms with Gasteiger partial charge >= 0.3 is 0 Å². The van der Waals surface area contributed by atoms with Crippen molar-refractivity contribution in [3.05, 3.63) is 101 Å². The summed E-state index contributed by atoms with van der Waals surface area (Å²) in [5.41, 5.74) is 5.25. The van der Waals surface area contributed by atoms with Crippen LogP contribution in [0.2, 0.25) is 0 Å². The second-order valence-electron chi connectivity index (χ2n) is 14.1. The monoisotopic (exact) mass is 561 g/mol. The Bertz CT molecular complexity index is 1620. The lowest BCUT2D eigenvalue weighted by Gasteiger charge is -2.33. The van der Waals surface area contributed by atoms with Crippen LogP contribution in [0, 0.1) is 5.41 Å². The molecular weight excluding hydrogens is 518 g/mol. The number of benzene rings is 4. The summed E-state index contributed by atoms with van der Waals surface area (Å²) in [4.78, 5) is 29.7. The van der Waals surface area contributed by atoms with Gasteiger partial charge in [-0.3, -0.25) is 9.59 Å². The van der Waals surface area contributed by atoms with E-state index in [0.717, 1.165) is 28.6 Å². The Morgan fingerprint density at radius 1 is 0.690 bits per heavy atom. The fraction of sp³-hybridized carbons (Fsp3) is 0.368. The summed E-state index contributed by atoms with van der Waals surface area (Å²) in [7, 11) is 0. The van der Waals surface area contributed by atoms with E-state index in [1.54, 1.807) is 6.07 Å². The van der Waals surface area contributed by atoms with E-state index < -0.39 is 0 Å². The Balaban J connectivity index is 1.54. The van der Waals surface area contributed by atoms with Crippen LogP contribution in [0.25, 0.3) is 10.8 Å². The highest BCUT2D eigenvalue weighted by Crippen LogP contribution is 2.43. The summed E-state index contributed by atoms with van der Waals surface area (Å²) < 4.78 is 6.39. The molecule has 0 radical (unpaired) electrons. The molecule has 2 amide bonds. The summed E-state index contributed by atoms with van der Waals surface area (Å²) in [5.74, 6) is 1.05. The minimum absolute atomic E-state index is 0.0350. The van der Waals surface area contributed by atoms with Crippen LogP contribution < -0.4 is 9.64 Å². The molecule has 0 bridgehead atoms. The fourth-order valence-corrected chi connectivity index (χ4v) is 6.66. The van der Waals surface area contributed by atoms with E-state index in [-0.39, 0.29) is 34.5 Å². The standard InChI is InChI=1S/C38H43NO3/c1-23(2)27-12-10-13-28(24(3)4)34(27)39-35(40)30-15-11-14-29-32(21-20-31(33(29)30)36(39)41)42-26-18-16-25(17-19-26)38(8,9)22-37(5,6)7/h10-21,23-24H,22H2,1-9H3. The van der Waals surface area contributed by atoms with Crippen LogP contribution in [0.1, 0.15) is 118 Å². The molecule has 0 N–H and O–H groups in total. The zero-order valence-electron chi connectivity index (χ0n) is 26.5. The molecule has 4 heteroatoms. The Morgan fingerprint density at radius 2 is 1.24 bits per heavy atom. The molecule has 0 spiro atoms. The molecule has 42 heavy (non-hydrogen) atoms. The number of hydrogen-bond donors (Lipinski definition) is 0. The van der Waals surface area contributed by atoms with Crippen molar-refractivity contribution in [3.8, 4) is 11.5 Å². The van der Waals surface area contributed by atoms with Crippen molar-refractivity contribution in [1.29, 1.82) is 0 Å². The van der Waals surface area contributed by atoms with Gasteiger partial charge in [-0.2, -0.15) is 0 Å². The van der Waals surface area contributed by atoms with Crippen molar-refractivity contribution >= 4 is 28.3 Å². The highest BCUT2D eigenvalue weighted by atomic mass is 16.5. The van der Waals surface area contributed by atoms with Gasteiger partial charge in [0, 0.05) is 21.9 Å². The smallest absolute Gasteiger partial charge is 0.266 e. The molecule has 0 aromatic heterocycles. The van der Waals surface area contributed by atoms with Crippen LogP contribution in [0.3, 0.4) is 0 Å². The van der Waals surface area contributed by atoms with Crippen LogP contribution in [0.4, 0.5) is 5.69 Å². The molecule has 1 aliphatic rings. The molecule has 0 fully saturated rings. The molecule has 4 nitrogen and oxygen atoms in total. The lowest BCUT2D eigenvalue weighted by atomic mass is 9.72. The first-order chi connectivity index (χ1) is 19.7. The van der Waals surface area contributed by atoms with Crippen molar-refractivity contribution in [1.82, 2.24) is 0 Å². The van der Waals surface area contributed by atoms with Crippen molar-refractivity contribution in [2.45, 2.75) is 86.0 Å². The number of amides is 2. The van der Waals surface area contributed by atoms with Gasteiger partial charge in [-0.15, -0.1) is 0 Å². The van der Waals surface area contributed by atoms with E-state index in [2.05, 4.69) is 74.4 Å². The second-order valence-corrected chi connectivity index (χ2v) is 14.1. The lowest BCUT2D eigenvalue weighted by Crippen LogP contribution is -2.41. The minimum Gasteiger partial charge on any atom is -0.457 e. The highest BCUT2D eigenvalue weighted by molar-refractivity contribution is 6.36. The summed E-state index contributed by atoms with van der Waals surface area (Å²) >= 11 is 0. The number of carbonyl (C=O) groups is 2. The van der Waals surface area contributed by atoms with Crippen LogP contribution in [0.5, 0.6) is 11.5 Å². The van der Waals surface area contributed by atoms with Gasteiger partial charge in [0.05, 0.1) is 5.69 Å². The molecule has 1 aliphatic heterocycles. The minimum atomic E-state index is -0.296. The topological polar surface area (TPSA) is 46.6 Å². The van der Waals surface area contributed by atoms with Gasteiger partial charge in [-0.1, -0.05) is 105 Å². The molecule has 5 rings (SSSR count). The largest absolute Gasteiger partial charge is 0.457 e. The van der Waals surface area contributed by atoms with Crippen molar-refractivity contribution in [2.75, 3.05) is 4.90 Å². The van der Waals surface area contributed by atoms with E-state index in [1.807, 2.05) is 54.6 Å².